The molecule has 8 heteroatoms. The number of hydrogen-bond donors (Lipinski definition) is 4. The van der Waals surface area contributed by atoms with Gasteiger partial charge < -0.3 is 25.8 Å². The Morgan fingerprint density at radius 1 is 1.00 bits per heavy atom. The van der Waals surface area contributed by atoms with Gasteiger partial charge in [-0.15, -0.1) is 0 Å². The number of benzene rings is 2. The van der Waals surface area contributed by atoms with Gasteiger partial charge in [0.1, 0.15) is 11.8 Å². The molecule has 2 aromatic rings. The molecule has 0 aliphatic heterocycles. The van der Waals surface area contributed by atoms with Crippen LogP contribution in [0.2, 0.25) is 0 Å². The van der Waals surface area contributed by atoms with Gasteiger partial charge in [-0.1, -0.05) is 50.2 Å². The number of aliphatic hydroxyl groups is 1. The lowest BCUT2D eigenvalue weighted by atomic mass is 9.98. The number of hydrogen-bond acceptors (Lipinski definition) is 5. The maximum atomic E-state index is 13.3. The maximum Gasteiger partial charge on any atom is 0.252 e. The molecule has 188 valence electrons. The van der Waals surface area contributed by atoms with E-state index in [-0.39, 0.29) is 18.4 Å². The van der Waals surface area contributed by atoms with Crippen LogP contribution in [0.1, 0.15) is 49.0 Å². The molecule has 1 fully saturated rings. The molecule has 0 aromatic heterocycles. The summed E-state index contributed by atoms with van der Waals surface area (Å²) in [7, 11) is 1.52. The Bertz CT molecular complexity index is 1010. The van der Waals surface area contributed by atoms with Crippen molar-refractivity contribution in [3.63, 3.8) is 0 Å². The highest BCUT2D eigenvalue weighted by Gasteiger charge is 2.34. The molecule has 1 aliphatic carbocycles. The van der Waals surface area contributed by atoms with Gasteiger partial charge in [0, 0.05) is 11.6 Å². The fourth-order valence-electron chi connectivity index (χ4n) is 3.80. The molecule has 4 N–H and O–H groups in total. The number of carbonyl (C=O) groups is 3. The summed E-state index contributed by atoms with van der Waals surface area (Å²) in [5.74, 6) is -0.706. The zero-order chi connectivity index (χ0) is 25.4. The van der Waals surface area contributed by atoms with Crippen molar-refractivity contribution < 1.29 is 24.2 Å². The highest BCUT2D eigenvalue weighted by atomic mass is 16.5. The Hall–Kier alpha value is -3.39. The average molecular weight is 482 g/mol. The van der Waals surface area contributed by atoms with E-state index < -0.39 is 35.9 Å². The third-order valence-electron chi connectivity index (χ3n) is 5.86. The minimum atomic E-state index is -1.42. The van der Waals surface area contributed by atoms with E-state index in [0.717, 1.165) is 18.4 Å². The van der Waals surface area contributed by atoms with E-state index in [2.05, 4.69) is 16.0 Å². The first-order valence-electron chi connectivity index (χ1n) is 12.0. The number of nitrogens with one attached hydrogen (secondary N) is 3. The number of ether oxygens (including phenoxy) is 1. The Balaban J connectivity index is 1.75. The van der Waals surface area contributed by atoms with Crippen LogP contribution in [-0.2, 0) is 16.0 Å². The fraction of sp³-hybridized carbons (Fsp3) is 0.444. The summed E-state index contributed by atoms with van der Waals surface area (Å²) >= 11 is 0. The van der Waals surface area contributed by atoms with Crippen molar-refractivity contribution in [1.82, 2.24) is 16.0 Å². The third kappa shape index (κ3) is 8.10. The second kappa shape index (κ2) is 12.4. The summed E-state index contributed by atoms with van der Waals surface area (Å²) in [6.45, 7) is 3.91. The van der Waals surface area contributed by atoms with Gasteiger partial charge in [0.15, 0.2) is 6.10 Å². The van der Waals surface area contributed by atoms with Crippen LogP contribution in [0.3, 0.4) is 0 Å². The van der Waals surface area contributed by atoms with E-state index >= 15 is 0 Å². The molecule has 3 amide bonds. The van der Waals surface area contributed by atoms with Gasteiger partial charge in [0.05, 0.1) is 13.2 Å². The summed E-state index contributed by atoms with van der Waals surface area (Å²) < 4.78 is 5.19. The highest BCUT2D eigenvalue weighted by molar-refractivity contribution is 5.98. The first kappa shape index (κ1) is 26.2. The lowest BCUT2D eigenvalue weighted by molar-refractivity contribution is -0.132. The van der Waals surface area contributed by atoms with Gasteiger partial charge in [-0.2, -0.15) is 0 Å². The Kier molecular flexibility index (Phi) is 9.25. The second-order valence-electron chi connectivity index (χ2n) is 9.42. The SMILES string of the molecule is COc1cccc(C(=O)N[C@@H](CC(C)C)C(=O)N[C@@H](Cc2ccccc2)C(O)C(=O)NC2CC2)c1. The molecule has 1 unspecified atom stereocenters. The summed E-state index contributed by atoms with van der Waals surface area (Å²) in [5.41, 5.74) is 1.24. The van der Waals surface area contributed by atoms with E-state index in [1.54, 1.807) is 24.3 Å². The summed E-state index contributed by atoms with van der Waals surface area (Å²) in [6, 6.07) is 14.4. The molecule has 0 saturated heterocycles. The number of carbonyl (C=O) groups excluding carboxylic acids is 3. The highest BCUT2D eigenvalue weighted by Crippen LogP contribution is 2.19. The molecule has 35 heavy (non-hydrogen) atoms. The Morgan fingerprint density at radius 3 is 2.34 bits per heavy atom. The molecule has 3 atom stereocenters. The number of amides is 3. The van der Waals surface area contributed by atoms with Crippen LogP contribution < -0.4 is 20.7 Å². The molecule has 1 saturated carbocycles. The molecule has 0 spiro atoms. The molecule has 0 heterocycles. The van der Waals surface area contributed by atoms with Crippen LogP contribution in [0.4, 0.5) is 0 Å². The van der Waals surface area contributed by atoms with Crippen LogP contribution in [0.15, 0.2) is 54.6 Å². The maximum absolute atomic E-state index is 13.3. The number of methoxy groups -OCH3 is 1. The minimum Gasteiger partial charge on any atom is -0.497 e. The molecule has 1 aliphatic rings. The van der Waals surface area contributed by atoms with Crippen molar-refractivity contribution in [1.29, 1.82) is 0 Å². The first-order chi connectivity index (χ1) is 16.8. The predicted octanol–water partition coefficient (Wildman–Crippen LogP) is 2.21. The average Bonchev–Trinajstić information content (AvgIpc) is 3.67. The van der Waals surface area contributed by atoms with Crippen molar-refractivity contribution in [2.45, 2.75) is 63.8 Å². The molecule has 2 aromatic carbocycles. The molecule has 0 bridgehead atoms. The largest absolute Gasteiger partial charge is 0.497 e. The quantitative estimate of drug-likeness (QED) is 0.371. The van der Waals surface area contributed by atoms with Gasteiger partial charge in [-0.3, -0.25) is 14.4 Å². The molecular formula is C27H35N3O5. The van der Waals surface area contributed by atoms with Crippen molar-refractivity contribution in [3.8, 4) is 5.75 Å². The Morgan fingerprint density at radius 2 is 1.71 bits per heavy atom. The van der Waals surface area contributed by atoms with Crippen LogP contribution in [0, 0.1) is 5.92 Å². The molecular weight excluding hydrogens is 446 g/mol. The van der Waals surface area contributed by atoms with Crippen LogP contribution in [0.5, 0.6) is 5.75 Å². The van der Waals surface area contributed by atoms with Crippen molar-refractivity contribution in [2.75, 3.05) is 7.11 Å². The van der Waals surface area contributed by atoms with Gasteiger partial charge in [-0.25, -0.2) is 0 Å². The van der Waals surface area contributed by atoms with E-state index in [1.165, 1.54) is 7.11 Å². The fourth-order valence-corrected chi connectivity index (χ4v) is 3.80. The van der Waals surface area contributed by atoms with E-state index in [4.69, 9.17) is 4.74 Å². The van der Waals surface area contributed by atoms with E-state index in [9.17, 15) is 19.5 Å². The van der Waals surface area contributed by atoms with Crippen molar-refractivity contribution in [3.05, 3.63) is 65.7 Å². The van der Waals surface area contributed by atoms with Crippen molar-refractivity contribution in [2.24, 2.45) is 5.92 Å². The monoisotopic (exact) mass is 481 g/mol. The standard InChI is InChI=1S/C27H35N3O5/c1-17(2)14-23(30-25(32)19-10-7-11-21(16-19)35-3)26(33)29-22(15-18-8-5-4-6-9-18)24(31)27(34)28-20-12-13-20/h4-11,16-17,20,22-24,31H,12-15H2,1-3H3,(H,28,34)(H,29,33)(H,30,32)/t22-,23-,24?/m0/s1. The molecule has 8 nitrogen and oxygen atoms in total. The van der Waals surface area contributed by atoms with Gasteiger partial charge >= 0.3 is 0 Å². The van der Waals surface area contributed by atoms with Crippen molar-refractivity contribution >= 4 is 17.7 Å². The van der Waals surface area contributed by atoms with Crippen LogP contribution in [-0.4, -0.2) is 54.2 Å². The zero-order valence-electron chi connectivity index (χ0n) is 20.5. The lowest BCUT2D eigenvalue weighted by Gasteiger charge is -2.27. The normalized spacial score (nSPS) is 15.6. The lowest BCUT2D eigenvalue weighted by Crippen LogP contribution is -2.56. The summed E-state index contributed by atoms with van der Waals surface area (Å²) in [5, 5.41) is 19.3. The Labute approximate surface area is 206 Å². The first-order valence-corrected chi connectivity index (χ1v) is 12.0. The smallest absolute Gasteiger partial charge is 0.252 e. The summed E-state index contributed by atoms with van der Waals surface area (Å²) in [6.07, 6.45) is 1.02. The van der Waals surface area contributed by atoms with Gasteiger partial charge in [-0.05, 0) is 55.4 Å². The zero-order valence-corrected chi connectivity index (χ0v) is 20.5. The molecule has 0 radical (unpaired) electrons. The predicted molar refractivity (Wildman–Crippen MR) is 133 cm³/mol. The number of aliphatic hydroxyl groups excluding tert-OH is 1. The molecule has 3 rings (SSSR count). The third-order valence-corrected chi connectivity index (χ3v) is 5.86. The van der Waals surface area contributed by atoms with Crippen LogP contribution in [0.25, 0.3) is 0 Å². The van der Waals surface area contributed by atoms with E-state index in [1.807, 2.05) is 44.2 Å². The minimum absolute atomic E-state index is 0.0843. The van der Waals surface area contributed by atoms with Crippen LogP contribution >= 0.6 is 0 Å². The van der Waals surface area contributed by atoms with E-state index in [0.29, 0.717) is 17.7 Å². The topological polar surface area (TPSA) is 117 Å². The van der Waals surface area contributed by atoms with Gasteiger partial charge in [0.25, 0.3) is 11.8 Å². The number of rotatable bonds is 12. The van der Waals surface area contributed by atoms with Gasteiger partial charge in [0.2, 0.25) is 5.91 Å². The summed E-state index contributed by atoms with van der Waals surface area (Å²) in [4.78, 5) is 38.8. The second-order valence-corrected chi connectivity index (χ2v) is 9.42.